The van der Waals surface area contributed by atoms with Gasteiger partial charge in [-0.25, -0.2) is 0 Å². The third-order valence-corrected chi connectivity index (χ3v) is 5.09. The molecule has 0 saturated carbocycles. The largest absolute Gasteiger partial charge is 0.492 e. The van der Waals surface area contributed by atoms with Gasteiger partial charge in [0.15, 0.2) is 0 Å². The normalized spacial score (nSPS) is 15.2. The van der Waals surface area contributed by atoms with Gasteiger partial charge in [-0.3, -0.25) is 9.69 Å². The van der Waals surface area contributed by atoms with Crippen LogP contribution < -0.4 is 4.74 Å². The van der Waals surface area contributed by atoms with E-state index < -0.39 is 0 Å². The van der Waals surface area contributed by atoms with Gasteiger partial charge in [-0.1, -0.05) is 30.3 Å². The Morgan fingerprint density at radius 2 is 1.85 bits per heavy atom. The molecule has 1 aromatic heterocycles. The Labute approximate surface area is 159 Å². The fourth-order valence-electron chi connectivity index (χ4n) is 3.53. The minimum Gasteiger partial charge on any atom is -0.492 e. The topological polar surface area (TPSA) is 48.6 Å². The number of amides is 1. The summed E-state index contributed by atoms with van der Waals surface area (Å²) in [5, 5.41) is 1.08. The second-order valence-corrected chi connectivity index (χ2v) is 7.07. The number of rotatable bonds is 5. The SMILES string of the molecule is Cc1cccc(OCCN2CCN(C(=O)c3cc4ccccc4[nH]3)CC2)c1. The first-order valence-corrected chi connectivity index (χ1v) is 9.48. The van der Waals surface area contributed by atoms with Gasteiger partial charge in [0.05, 0.1) is 0 Å². The lowest BCUT2D eigenvalue weighted by Gasteiger charge is -2.34. The fourth-order valence-corrected chi connectivity index (χ4v) is 3.53. The molecule has 2 heterocycles. The molecule has 5 nitrogen and oxygen atoms in total. The third-order valence-electron chi connectivity index (χ3n) is 5.09. The number of carbonyl (C=O) groups excluding carboxylic acids is 1. The number of ether oxygens (including phenoxy) is 1. The zero-order chi connectivity index (χ0) is 18.6. The average Bonchev–Trinajstić information content (AvgIpc) is 3.12. The number of benzene rings is 2. The van der Waals surface area contributed by atoms with Crippen molar-refractivity contribution in [2.24, 2.45) is 0 Å². The van der Waals surface area contributed by atoms with Gasteiger partial charge in [-0.2, -0.15) is 0 Å². The summed E-state index contributed by atoms with van der Waals surface area (Å²) in [6.45, 7) is 6.86. The van der Waals surface area contributed by atoms with Gasteiger partial charge in [0.1, 0.15) is 18.1 Å². The second-order valence-electron chi connectivity index (χ2n) is 7.07. The van der Waals surface area contributed by atoms with Crippen molar-refractivity contribution in [1.82, 2.24) is 14.8 Å². The maximum atomic E-state index is 12.8. The molecular formula is C22H25N3O2. The molecule has 1 fully saturated rings. The van der Waals surface area contributed by atoms with Gasteiger partial charge >= 0.3 is 0 Å². The molecule has 4 rings (SSSR count). The standard InChI is InChI=1S/C22H25N3O2/c1-17-5-4-7-19(15-17)27-14-13-24-9-11-25(12-10-24)22(26)21-16-18-6-2-3-8-20(18)23-21/h2-8,15-16,23H,9-14H2,1H3. The lowest BCUT2D eigenvalue weighted by molar-refractivity contribution is 0.0615. The van der Waals surface area contributed by atoms with Crippen LogP contribution in [0, 0.1) is 6.92 Å². The maximum absolute atomic E-state index is 12.8. The molecule has 0 aliphatic carbocycles. The highest BCUT2D eigenvalue weighted by atomic mass is 16.5. The van der Waals surface area contributed by atoms with Crippen LogP contribution in [0.5, 0.6) is 5.75 Å². The zero-order valence-corrected chi connectivity index (χ0v) is 15.6. The molecule has 0 bridgehead atoms. The van der Waals surface area contributed by atoms with Crippen LogP contribution >= 0.6 is 0 Å². The van der Waals surface area contributed by atoms with Crippen molar-refractivity contribution in [1.29, 1.82) is 0 Å². The van der Waals surface area contributed by atoms with Crippen molar-refractivity contribution in [3.05, 3.63) is 65.9 Å². The number of nitrogens with zero attached hydrogens (tertiary/aromatic N) is 2. The summed E-state index contributed by atoms with van der Waals surface area (Å²) in [5.41, 5.74) is 2.89. The van der Waals surface area contributed by atoms with Gasteiger partial charge in [-0.05, 0) is 36.8 Å². The van der Waals surface area contributed by atoms with E-state index in [1.807, 2.05) is 47.4 Å². The van der Waals surface area contributed by atoms with Crippen molar-refractivity contribution < 1.29 is 9.53 Å². The Kier molecular flexibility index (Phi) is 5.12. The number of fused-ring (bicyclic) bond motifs is 1. The number of aromatic amines is 1. The Morgan fingerprint density at radius 3 is 2.63 bits per heavy atom. The first-order valence-electron chi connectivity index (χ1n) is 9.48. The fraction of sp³-hybridized carbons (Fsp3) is 0.318. The summed E-state index contributed by atoms with van der Waals surface area (Å²) in [4.78, 5) is 20.3. The highest BCUT2D eigenvalue weighted by molar-refractivity contribution is 5.98. The van der Waals surface area contributed by atoms with Crippen LogP contribution in [0.2, 0.25) is 0 Å². The van der Waals surface area contributed by atoms with E-state index in [9.17, 15) is 4.79 Å². The van der Waals surface area contributed by atoms with E-state index >= 15 is 0 Å². The van der Waals surface area contributed by atoms with Crippen molar-refractivity contribution in [2.45, 2.75) is 6.92 Å². The zero-order valence-electron chi connectivity index (χ0n) is 15.6. The molecule has 2 aromatic carbocycles. The van der Waals surface area contributed by atoms with E-state index in [1.54, 1.807) is 0 Å². The molecule has 0 spiro atoms. The van der Waals surface area contributed by atoms with Crippen LogP contribution in [0.1, 0.15) is 16.1 Å². The molecule has 27 heavy (non-hydrogen) atoms. The van der Waals surface area contributed by atoms with E-state index in [0.29, 0.717) is 12.3 Å². The summed E-state index contributed by atoms with van der Waals surface area (Å²) in [5.74, 6) is 1.00. The maximum Gasteiger partial charge on any atom is 0.270 e. The number of nitrogens with one attached hydrogen (secondary N) is 1. The summed E-state index contributed by atoms with van der Waals surface area (Å²) >= 11 is 0. The summed E-state index contributed by atoms with van der Waals surface area (Å²) in [6, 6.07) is 18.1. The summed E-state index contributed by atoms with van der Waals surface area (Å²) in [7, 11) is 0. The smallest absolute Gasteiger partial charge is 0.270 e. The minimum absolute atomic E-state index is 0.0851. The molecular weight excluding hydrogens is 338 g/mol. The Bertz CT molecular complexity index is 893. The molecule has 0 unspecified atom stereocenters. The molecule has 140 valence electrons. The van der Waals surface area contributed by atoms with Crippen LogP contribution in [0.15, 0.2) is 54.6 Å². The molecule has 1 amide bonds. The van der Waals surface area contributed by atoms with E-state index in [4.69, 9.17) is 4.74 Å². The van der Waals surface area contributed by atoms with Gasteiger partial charge < -0.3 is 14.6 Å². The Hall–Kier alpha value is -2.79. The third kappa shape index (κ3) is 4.14. The lowest BCUT2D eigenvalue weighted by atomic mass is 10.2. The lowest BCUT2D eigenvalue weighted by Crippen LogP contribution is -2.49. The first kappa shape index (κ1) is 17.6. The predicted octanol–water partition coefficient (Wildman–Crippen LogP) is 3.31. The number of hydrogen-bond donors (Lipinski definition) is 1. The number of aromatic nitrogens is 1. The Balaban J connectivity index is 1.26. The van der Waals surface area contributed by atoms with Gasteiger partial charge in [0.2, 0.25) is 0 Å². The van der Waals surface area contributed by atoms with E-state index in [0.717, 1.165) is 49.4 Å². The number of carbonyl (C=O) groups is 1. The molecule has 0 radical (unpaired) electrons. The van der Waals surface area contributed by atoms with E-state index in [1.165, 1.54) is 5.56 Å². The Morgan fingerprint density at radius 1 is 1.04 bits per heavy atom. The highest BCUT2D eigenvalue weighted by Gasteiger charge is 2.23. The van der Waals surface area contributed by atoms with Crippen LogP contribution in [0.4, 0.5) is 0 Å². The molecule has 5 heteroatoms. The van der Waals surface area contributed by atoms with E-state index in [2.05, 4.69) is 28.9 Å². The quantitative estimate of drug-likeness (QED) is 0.757. The number of aryl methyl sites for hydroxylation is 1. The molecule has 3 aromatic rings. The van der Waals surface area contributed by atoms with Crippen molar-refractivity contribution in [3.63, 3.8) is 0 Å². The molecule has 1 aliphatic heterocycles. The molecule has 1 N–H and O–H groups in total. The van der Waals surface area contributed by atoms with Crippen LogP contribution in [0.3, 0.4) is 0 Å². The second kappa shape index (κ2) is 7.84. The van der Waals surface area contributed by atoms with Crippen molar-refractivity contribution in [2.75, 3.05) is 39.3 Å². The summed E-state index contributed by atoms with van der Waals surface area (Å²) in [6.07, 6.45) is 0. The monoisotopic (exact) mass is 363 g/mol. The summed E-state index contributed by atoms with van der Waals surface area (Å²) < 4.78 is 5.84. The number of hydrogen-bond acceptors (Lipinski definition) is 3. The molecule has 0 atom stereocenters. The minimum atomic E-state index is 0.0851. The van der Waals surface area contributed by atoms with Gasteiger partial charge in [0, 0.05) is 43.6 Å². The van der Waals surface area contributed by atoms with Crippen molar-refractivity contribution >= 4 is 16.8 Å². The number of H-pyrrole nitrogens is 1. The number of piperazine rings is 1. The van der Waals surface area contributed by atoms with Crippen LogP contribution in [0.25, 0.3) is 10.9 Å². The van der Waals surface area contributed by atoms with E-state index in [-0.39, 0.29) is 5.91 Å². The van der Waals surface area contributed by atoms with Gasteiger partial charge in [-0.15, -0.1) is 0 Å². The highest BCUT2D eigenvalue weighted by Crippen LogP contribution is 2.17. The van der Waals surface area contributed by atoms with Gasteiger partial charge in [0.25, 0.3) is 5.91 Å². The van der Waals surface area contributed by atoms with Crippen molar-refractivity contribution in [3.8, 4) is 5.75 Å². The molecule has 1 saturated heterocycles. The first-order chi connectivity index (χ1) is 13.2. The molecule has 1 aliphatic rings. The number of para-hydroxylation sites is 1. The average molecular weight is 363 g/mol. The van der Waals surface area contributed by atoms with Crippen LogP contribution in [-0.2, 0) is 0 Å². The predicted molar refractivity (Wildman–Crippen MR) is 107 cm³/mol. The van der Waals surface area contributed by atoms with Crippen LogP contribution in [-0.4, -0.2) is 60.0 Å².